The van der Waals surface area contributed by atoms with Gasteiger partial charge in [-0.2, -0.15) is 4.98 Å². The molecule has 0 unspecified atom stereocenters. The van der Waals surface area contributed by atoms with Crippen LogP contribution < -0.4 is 11.1 Å². The van der Waals surface area contributed by atoms with Crippen molar-refractivity contribution in [2.45, 2.75) is 6.92 Å². The van der Waals surface area contributed by atoms with Gasteiger partial charge in [-0.1, -0.05) is 23.7 Å². The number of benzene rings is 2. The maximum atomic E-state index is 6.12. The number of nitrogen functional groups attached to an aromatic ring is 1. The van der Waals surface area contributed by atoms with Crippen LogP contribution in [0.5, 0.6) is 0 Å². The minimum atomic E-state index is 0.375. The number of rotatable bonds is 2. The highest BCUT2D eigenvalue weighted by atomic mass is 35.5. The van der Waals surface area contributed by atoms with Gasteiger partial charge in [0.05, 0.1) is 16.4 Å². The molecule has 0 aliphatic carbocycles. The molecule has 19 heavy (non-hydrogen) atoms. The summed E-state index contributed by atoms with van der Waals surface area (Å²) >= 11 is 6.12. The van der Waals surface area contributed by atoms with Gasteiger partial charge < -0.3 is 15.5 Å². The number of halogens is 1. The van der Waals surface area contributed by atoms with Crippen LogP contribution in [0, 0.1) is 6.92 Å². The molecule has 1 heterocycles. The van der Waals surface area contributed by atoms with Gasteiger partial charge in [0, 0.05) is 0 Å². The van der Waals surface area contributed by atoms with Crippen LogP contribution in [-0.2, 0) is 0 Å². The van der Waals surface area contributed by atoms with E-state index in [1.165, 1.54) is 0 Å². The van der Waals surface area contributed by atoms with E-state index in [4.69, 9.17) is 21.8 Å². The predicted molar refractivity (Wildman–Crippen MR) is 77.9 cm³/mol. The number of hydrogen-bond donors (Lipinski definition) is 2. The average molecular weight is 274 g/mol. The Morgan fingerprint density at radius 2 is 2.11 bits per heavy atom. The van der Waals surface area contributed by atoms with E-state index in [1.54, 1.807) is 6.07 Å². The molecule has 0 amide bonds. The van der Waals surface area contributed by atoms with Gasteiger partial charge in [-0.25, -0.2) is 0 Å². The van der Waals surface area contributed by atoms with Gasteiger partial charge in [0.1, 0.15) is 5.52 Å². The minimum Gasteiger partial charge on any atom is -0.423 e. The van der Waals surface area contributed by atoms with Crippen molar-refractivity contribution in [3.8, 4) is 0 Å². The zero-order valence-corrected chi connectivity index (χ0v) is 11.0. The fourth-order valence-electron chi connectivity index (χ4n) is 1.87. The fraction of sp³-hybridized carbons (Fsp3) is 0.0714. The number of fused-ring (bicyclic) bond motifs is 1. The van der Waals surface area contributed by atoms with Crippen LogP contribution >= 0.6 is 11.6 Å². The van der Waals surface area contributed by atoms with Crippen molar-refractivity contribution in [3.63, 3.8) is 0 Å². The van der Waals surface area contributed by atoms with Crippen molar-refractivity contribution < 1.29 is 4.42 Å². The molecule has 0 aliphatic rings. The molecular weight excluding hydrogens is 262 g/mol. The molecule has 96 valence electrons. The summed E-state index contributed by atoms with van der Waals surface area (Å²) in [6, 6.07) is 11.5. The molecule has 3 aromatic rings. The van der Waals surface area contributed by atoms with Crippen molar-refractivity contribution in [2.75, 3.05) is 11.1 Å². The number of para-hydroxylation sites is 1. The monoisotopic (exact) mass is 273 g/mol. The van der Waals surface area contributed by atoms with Gasteiger partial charge in [0.25, 0.3) is 6.01 Å². The second-order valence-corrected chi connectivity index (χ2v) is 4.73. The summed E-state index contributed by atoms with van der Waals surface area (Å²) in [6.45, 7) is 1.99. The number of aryl methyl sites for hydroxylation is 1. The van der Waals surface area contributed by atoms with Gasteiger partial charge >= 0.3 is 0 Å². The standard InChI is InChI=1S/C14H12ClN3O/c1-8-5-6-9(15)11(7-8)17-14-18-13-10(16)3-2-4-12(13)19-14/h2-7H,16H2,1H3,(H,17,18). The minimum absolute atomic E-state index is 0.375. The molecule has 0 saturated heterocycles. The summed E-state index contributed by atoms with van der Waals surface area (Å²) in [7, 11) is 0. The Hall–Kier alpha value is -2.20. The fourth-order valence-corrected chi connectivity index (χ4v) is 2.04. The molecule has 0 atom stereocenters. The van der Waals surface area contributed by atoms with Crippen molar-refractivity contribution in [1.82, 2.24) is 4.98 Å². The van der Waals surface area contributed by atoms with Crippen molar-refractivity contribution in [1.29, 1.82) is 0 Å². The lowest BCUT2D eigenvalue weighted by Crippen LogP contribution is -1.92. The molecule has 0 fully saturated rings. The first kappa shape index (κ1) is 11.9. The number of hydrogen-bond acceptors (Lipinski definition) is 4. The Balaban J connectivity index is 2.01. The molecule has 1 aromatic heterocycles. The molecule has 0 bridgehead atoms. The van der Waals surface area contributed by atoms with E-state index in [0.717, 1.165) is 11.3 Å². The Morgan fingerprint density at radius 1 is 1.26 bits per heavy atom. The summed E-state index contributed by atoms with van der Waals surface area (Å²) in [5.41, 5.74) is 9.58. The SMILES string of the molecule is Cc1ccc(Cl)c(Nc2nc3c(N)cccc3o2)c1. The van der Waals surface area contributed by atoms with E-state index in [1.807, 2.05) is 37.3 Å². The normalized spacial score (nSPS) is 10.8. The first-order chi connectivity index (χ1) is 9.13. The lowest BCUT2D eigenvalue weighted by molar-refractivity contribution is 0.623. The van der Waals surface area contributed by atoms with Crippen LogP contribution in [0.3, 0.4) is 0 Å². The van der Waals surface area contributed by atoms with E-state index in [9.17, 15) is 0 Å². The van der Waals surface area contributed by atoms with E-state index in [2.05, 4.69) is 10.3 Å². The maximum Gasteiger partial charge on any atom is 0.300 e. The van der Waals surface area contributed by atoms with Crippen LogP contribution in [0.2, 0.25) is 5.02 Å². The zero-order valence-electron chi connectivity index (χ0n) is 10.3. The number of oxazole rings is 1. The van der Waals surface area contributed by atoms with E-state index in [-0.39, 0.29) is 0 Å². The summed E-state index contributed by atoms with van der Waals surface area (Å²) < 4.78 is 5.59. The third kappa shape index (κ3) is 2.22. The Morgan fingerprint density at radius 3 is 2.89 bits per heavy atom. The topological polar surface area (TPSA) is 64.1 Å². The Kier molecular flexibility index (Phi) is 2.80. The zero-order chi connectivity index (χ0) is 13.4. The third-order valence-corrected chi connectivity index (χ3v) is 3.14. The highest BCUT2D eigenvalue weighted by Crippen LogP contribution is 2.29. The number of nitrogens with one attached hydrogen (secondary N) is 1. The number of aromatic nitrogens is 1. The smallest absolute Gasteiger partial charge is 0.300 e. The third-order valence-electron chi connectivity index (χ3n) is 2.81. The number of nitrogens with zero attached hydrogens (tertiary/aromatic N) is 1. The first-order valence-electron chi connectivity index (χ1n) is 5.82. The summed E-state index contributed by atoms with van der Waals surface area (Å²) in [5.74, 6) is 0. The molecule has 3 N–H and O–H groups in total. The van der Waals surface area contributed by atoms with Gasteiger partial charge in [-0.05, 0) is 36.8 Å². The highest BCUT2D eigenvalue weighted by molar-refractivity contribution is 6.33. The maximum absolute atomic E-state index is 6.12. The number of nitrogens with two attached hydrogens (primary N) is 1. The van der Waals surface area contributed by atoms with Crippen LogP contribution in [0.4, 0.5) is 17.4 Å². The molecule has 0 radical (unpaired) electrons. The molecule has 0 aliphatic heterocycles. The summed E-state index contributed by atoms with van der Waals surface area (Å²) in [6.07, 6.45) is 0. The molecule has 5 heteroatoms. The Bertz CT molecular complexity index is 752. The van der Waals surface area contributed by atoms with E-state index in [0.29, 0.717) is 27.8 Å². The van der Waals surface area contributed by atoms with Gasteiger partial charge in [-0.15, -0.1) is 0 Å². The Labute approximate surface area is 115 Å². The predicted octanol–water partition coefficient (Wildman–Crippen LogP) is 4.12. The second-order valence-electron chi connectivity index (χ2n) is 4.32. The molecule has 0 spiro atoms. The van der Waals surface area contributed by atoms with Crippen LogP contribution in [0.25, 0.3) is 11.1 Å². The van der Waals surface area contributed by atoms with Crippen molar-refractivity contribution in [2.24, 2.45) is 0 Å². The van der Waals surface area contributed by atoms with Crippen molar-refractivity contribution in [3.05, 3.63) is 47.0 Å². The van der Waals surface area contributed by atoms with E-state index >= 15 is 0 Å². The molecule has 3 rings (SSSR count). The molecule has 2 aromatic carbocycles. The molecule has 0 saturated carbocycles. The highest BCUT2D eigenvalue weighted by Gasteiger charge is 2.09. The van der Waals surface area contributed by atoms with E-state index < -0.39 is 0 Å². The quantitative estimate of drug-likeness (QED) is 0.690. The lowest BCUT2D eigenvalue weighted by Gasteiger charge is -2.05. The first-order valence-corrected chi connectivity index (χ1v) is 6.19. The van der Waals surface area contributed by atoms with Crippen molar-refractivity contribution >= 4 is 40.1 Å². The second kappa shape index (κ2) is 4.48. The van der Waals surface area contributed by atoms with Crippen LogP contribution in [0.15, 0.2) is 40.8 Å². The number of anilines is 3. The largest absolute Gasteiger partial charge is 0.423 e. The van der Waals surface area contributed by atoms with Gasteiger partial charge in [-0.3, -0.25) is 0 Å². The summed E-state index contributed by atoms with van der Waals surface area (Å²) in [5, 5.41) is 3.68. The average Bonchev–Trinajstić information content (AvgIpc) is 2.78. The lowest BCUT2D eigenvalue weighted by atomic mass is 10.2. The molecule has 4 nitrogen and oxygen atoms in total. The molecular formula is C14H12ClN3O. The summed E-state index contributed by atoms with van der Waals surface area (Å²) in [4.78, 5) is 4.32. The van der Waals surface area contributed by atoms with Gasteiger partial charge in [0.2, 0.25) is 0 Å². The van der Waals surface area contributed by atoms with Gasteiger partial charge in [0.15, 0.2) is 5.58 Å². The van der Waals surface area contributed by atoms with Crippen LogP contribution in [-0.4, -0.2) is 4.98 Å². The van der Waals surface area contributed by atoms with Crippen LogP contribution in [0.1, 0.15) is 5.56 Å².